The van der Waals surface area contributed by atoms with E-state index in [-0.39, 0.29) is 46.8 Å². The second kappa shape index (κ2) is 9.91. The van der Waals surface area contributed by atoms with Crippen LogP contribution in [-0.4, -0.2) is 16.8 Å². The second-order valence-electron chi connectivity index (χ2n) is 7.92. The molecule has 2 amide bonds. The van der Waals surface area contributed by atoms with Gasteiger partial charge in [-0.15, -0.1) is 0 Å². The van der Waals surface area contributed by atoms with E-state index >= 15 is 0 Å². The van der Waals surface area contributed by atoms with Gasteiger partial charge in [0, 0.05) is 29.9 Å². The number of aromatic nitrogens is 1. The molecular weight excluding hydrogens is 490 g/mol. The highest BCUT2D eigenvalue weighted by Crippen LogP contribution is 2.35. The first-order chi connectivity index (χ1) is 16.6. The lowest BCUT2D eigenvalue weighted by atomic mass is 10.1. The summed E-state index contributed by atoms with van der Waals surface area (Å²) >= 11 is 5.59. The summed E-state index contributed by atoms with van der Waals surface area (Å²) < 4.78 is 59.1. The standard InChI is InChI=1S/C24H18ClF4N3O3/c25-18-5-1-13(9-17(18)24(27,28)29)10-22(33)31-15-4-6-20(19(26)11-15)35-16-7-8-30-21(12-16)32-23(34)14-2-3-14/h1,4-9,11-12,14H,2-3,10H2,(H,31,33)(H,30,32,34). The smallest absolute Gasteiger partial charge is 0.417 e. The van der Waals surface area contributed by atoms with Crippen molar-refractivity contribution in [3.8, 4) is 11.5 Å². The zero-order chi connectivity index (χ0) is 25.2. The Morgan fingerprint density at radius 2 is 1.83 bits per heavy atom. The molecule has 0 radical (unpaired) electrons. The molecule has 1 fully saturated rings. The van der Waals surface area contributed by atoms with Crippen LogP contribution in [0, 0.1) is 11.7 Å². The summed E-state index contributed by atoms with van der Waals surface area (Å²) in [6.45, 7) is 0. The van der Waals surface area contributed by atoms with Crippen molar-refractivity contribution in [3.05, 3.63) is 76.7 Å². The van der Waals surface area contributed by atoms with Crippen molar-refractivity contribution in [3.63, 3.8) is 0 Å². The number of hydrogen-bond acceptors (Lipinski definition) is 4. The maximum absolute atomic E-state index is 14.6. The van der Waals surface area contributed by atoms with E-state index in [1.54, 1.807) is 0 Å². The maximum Gasteiger partial charge on any atom is 0.417 e. The monoisotopic (exact) mass is 507 g/mol. The molecule has 11 heteroatoms. The quantitative estimate of drug-likeness (QED) is 0.372. The molecule has 0 saturated heterocycles. The predicted molar refractivity (Wildman–Crippen MR) is 121 cm³/mol. The van der Waals surface area contributed by atoms with E-state index < -0.39 is 28.5 Å². The van der Waals surface area contributed by atoms with Gasteiger partial charge < -0.3 is 15.4 Å². The lowest BCUT2D eigenvalue weighted by molar-refractivity contribution is -0.137. The predicted octanol–water partition coefficient (Wildman–Crippen LogP) is 6.21. The Kier molecular flexibility index (Phi) is 6.93. The zero-order valence-corrected chi connectivity index (χ0v) is 18.7. The van der Waals surface area contributed by atoms with Gasteiger partial charge in [-0.05, 0) is 48.7 Å². The van der Waals surface area contributed by atoms with E-state index in [1.165, 1.54) is 36.5 Å². The second-order valence-corrected chi connectivity index (χ2v) is 8.33. The number of alkyl halides is 3. The molecule has 1 aliphatic carbocycles. The van der Waals surface area contributed by atoms with Gasteiger partial charge in [0.15, 0.2) is 11.6 Å². The minimum absolute atomic E-state index is 0.00652. The van der Waals surface area contributed by atoms with Crippen LogP contribution >= 0.6 is 11.6 Å². The van der Waals surface area contributed by atoms with Crippen molar-refractivity contribution in [2.75, 3.05) is 10.6 Å². The number of benzene rings is 2. The van der Waals surface area contributed by atoms with E-state index in [9.17, 15) is 27.2 Å². The topological polar surface area (TPSA) is 80.3 Å². The minimum atomic E-state index is -4.65. The van der Waals surface area contributed by atoms with Crippen LogP contribution in [0.1, 0.15) is 24.0 Å². The summed E-state index contributed by atoms with van der Waals surface area (Å²) in [6, 6.07) is 9.82. The van der Waals surface area contributed by atoms with Crippen molar-refractivity contribution in [1.82, 2.24) is 4.98 Å². The van der Waals surface area contributed by atoms with Crippen LogP contribution in [0.3, 0.4) is 0 Å². The Labute approximate surface area is 202 Å². The Hall–Kier alpha value is -3.66. The average molecular weight is 508 g/mol. The molecule has 2 N–H and O–H groups in total. The normalized spacial score (nSPS) is 13.3. The molecule has 0 unspecified atom stereocenters. The number of halogens is 5. The first kappa shape index (κ1) is 24.5. The third-order valence-electron chi connectivity index (χ3n) is 5.08. The van der Waals surface area contributed by atoms with Crippen molar-refractivity contribution in [1.29, 1.82) is 0 Å². The first-order valence-electron chi connectivity index (χ1n) is 10.5. The molecule has 0 atom stereocenters. The van der Waals surface area contributed by atoms with Gasteiger partial charge in [-0.25, -0.2) is 9.37 Å². The number of nitrogens with zero attached hydrogens (tertiary/aromatic N) is 1. The van der Waals surface area contributed by atoms with Crippen LogP contribution in [-0.2, 0) is 22.2 Å². The molecule has 182 valence electrons. The van der Waals surface area contributed by atoms with Crippen molar-refractivity contribution >= 4 is 34.9 Å². The lowest BCUT2D eigenvalue weighted by Crippen LogP contribution is -2.15. The van der Waals surface area contributed by atoms with Gasteiger partial charge in [-0.3, -0.25) is 9.59 Å². The Bertz CT molecular complexity index is 1280. The van der Waals surface area contributed by atoms with Crippen LogP contribution in [0.15, 0.2) is 54.7 Å². The summed E-state index contributed by atoms with van der Waals surface area (Å²) in [7, 11) is 0. The number of ether oxygens (including phenoxy) is 1. The average Bonchev–Trinajstić information content (AvgIpc) is 3.62. The number of pyridine rings is 1. The molecule has 1 saturated carbocycles. The Morgan fingerprint density at radius 1 is 1.06 bits per heavy atom. The van der Waals surface area contributed by atoms with Gasteiger partial charge in [0.25, 0.3) is 0 Å². The van der Waals surface area contributed by atoms with Crippen LogP contribution in [0.5, 0.6) is 11.5 Å². The molecule has 6 nitrogen and oxygen atoms in total. The fraction of sp³-hybridized carbons (Fsp3) is 0.208. The zero-order valence-electron chi connectivity index (χ0n) is 18.0. The molecular formula is C24H18ClF4N3O3. The molecule has 3 aromatic rings. The van der Waals surface area contributed by atoms with Crippen LogP contribution in [0.2, 0.25) is 5.02 Å². The summed E-state index contributed by atoms with van der Waals surface area (Å²) in [6.07, 6.45) is -1.94. The number of carbonyl (C=O) groups is 2. The third kappa shape index (κ3) is 6.48. The van der Waals surface area contributed by atoms with Gasteiger partial charge in [-0.2, -0.15) is 13.2 Å². The number of anilines is 2. The van der Waals surface area contributed by atoms with Gasteiger partial charge >= 0.3 is 6.18 Å². The molecule has 0 bridgehead atoms. The van der Waals surface area contributed by atoms with E-state index in [1.807, 2.05) is 0 Å². The molecule has 1 heterocycles. The summed E-state index contributed by atoms with van der Waals surface area (Å²) in [5, 5.41) is 4.64. The van der Waals surface area contributed by atoms with Crippen LogP contribution in [0.25, 0.3) is 0 Å². The molecule has 1 aromatic heterocycles. The van der Waals surface area contributed by atoms with E-state index in [2.05, 4.69) is 15.6 Å². The summed E-state index contributed by atoms with van der Waals surface area (Å²) in [5.41, 5.74) is -0.845. The lowest BCUT2D eigenvalue weighted by Gasteiger charge is -2.12. The number of amides is 2. The highest BCUT2D eigenvalue weighted by molar-refractivity contribution is 6.31. The van der Waals surface area contributed by atoms with Crippen LogP contribution in [0.4, 0.5) is 29.1 Å². The number of carbonyl (C=O) groups excluding carboxylic acids is 2. The van der Waals surface area contributed by atoms with Gasteiger partial charge in [0.1, 0.15) is 11.6 Å². The summed E-state index contributed by atoms with van der Waals surface area (Å²) in [5.74, 6) is -1.18. The van der Waals surface area contributed by atoms with E-state index in [0.717, 1.165) is 31.0 Å². The fourth-order valence-corrected chi connectivity index (χ4v) is 3.42. The van der Waals surface area contributed by atoms with Crippen LogP contribution < -0.4 is 15.4 Å². The number of rotatable bonds is 7. The maximum atomic E-state index is 14.6. The van der Waals surface area contributed by atoms with Crippen molar-refractivity contribution in [2.24, 2.45) is 5.92 Å². The highest BCUT2D eigenvalue weighted by atomic mass is 35.5. The number of nitrogens with one attached hydrogen (secondary N) is 2. The molecule has 4 rings (SSSR count). The number of hydrogen-bond donors (Lipinski definition) is 2. The molecule has 0 spiro atoms. The minimum Gasteiger partial charge on any atom is -0.454 e. The van der Waals surface area contributed by atoms with Gasteiger partial charge in [0.05, 0.1) is 17.0 Å². The third-order valence-corrected chi connectivity index (χ3v) is 5.40. The van der Waals surface area contributed by atoms with E-state index in [4.69, 9.17) is 16.3 Å². The molecule has 2 aromatic carbocycles. The Morgan fingerprint density at radius 3 is 2.51 bits per heavy atom. The summed E-state index contributed by atoms with van der Waals surface area (Å²) in [4.78, 5) is 28.2. The molecule has 0 aliphatic heterocycles. The molecule has 35 heavy (non-hydrogen) atoms. The first-order valence-corrected chi connectivity index (χ1v) is 10.9. The Balaban J connectivity index is 1.39. The SMILES string of the molecule is O=C(Cc1ccc(Cl)c(C(F)(F)F)c1)Nc1ccc(Oc2ccnc(NC(=O)C3CC3)c2)c(F)c1. The van der Waals surface area contributed by atoms with Gasteiger partial charge in [-0.1, -0.05) is 17.7 Å². The van der Waals surface area contributed by atoms with Crippen molar-refractivity contribution in [2.45, 2.75) is 25.4 Å². The fourth-order valence-electron chi connectivity index (χ4n) is 3.20. The van der Waals surface area contributed by atoms with Gasteiger partial charge in [0.2, 0.25) is 11.8 Å². The van der Waals surface area contributed by atoms with E-state index in [0.29, 0.717) is 0 Å². The molecule has 1 aliphatic rings. The largest absolute Gasteiger partial charge is 0.454 e. The highest BCUT2D eigenvalue weighted by Gasteiger charge is 2.33. The van der Waals surface area contributed by atoms with Crippen molar-refractivity contribution < 1.29 is 31.9 Å².